The van der Waals surface area contributed by atoms with Crippen molar-refractivity contribution in [3.8, 4) is 0 Å². The highest BCUT2D eigenvalue weighted by molar-refractivity contribution is 6.07. The number of aromatic nitrogens is 2. The minimum absolute atomic E-state index is 0.243. The first-order chi connectivity index (χ1) is 10.2. The van der Waals surface area contributed by atoms with E-state index in [1.54, 1.807) is 54.9 Å². The van der Waals surface area contributed by atoms with E-state index in [0.29, 0.717) is 22.2 Å². The van der Waals surface area contributed by atoms with Gasteiger partial charge in [-0.2, -0.15) is 0 Å². The third-order valence-corrected chi connectivity index (χ3v) is 3.24. The second-order valence-electron chi connectivity index (χ2n) is 4.44. The maximum absolute atomic E-state index is 12.5. The highest BCUT2D eigenvalue weighted by Crippen LogP contribution is 2.21. The fourth-order valence-corrected chi connectivity index (χ4v) is 2.25. The first-order valence-electron chi connectivity index (χ1n) is 6.36. The number of hydrogen-bond acceptors (Lipinski definition) is 4. The molecule has 0 atom stereocenters. The largest absolute Gasteiger partial charge is 0.465 e. The Morgan fingerprint density at radius 2 is 1.95 bits per heavy atom. The zero-order chi connectivity index (χ0) is 14.8. The van der Waals surface area contributed by atoms with Crippen LogP contribution < -0.4 is 0 Å². The standard InChI is InChI=1S/C16H12N2O3/c1-21-16(20)12-5-4-7-14-11(12)8-10-18(14)15(19)13-6-2-3-9-17-13/h2-10H,1H3. The van der Waals surface area contributed by atoms with Gasteiger partial charge in [-0.25, -0.2) is 4.79 Å². The molecule has 0 N–H and O–H groups in total. The number of hydrogen-bond donors (Lipinski definition) is 0. The lowest BCUT2D eigenvalue weighted by Crippen LogP contribution is -2.12. The Labute approximate surface area is 120 Å². The number of ether oxygens (including phenoxy) is 1. The molecule has 21 heavy (non-hydrogen) atoms. The van der Waals surface area contributed by atoms with Crippen LogP contribution >= 0.6 is 0 Å². The summed E-state index contributed by atoms with van der Waals surface area (Å²) in [5, 5.41) is 0.675. The number of methoxy groups -OCH3 is 1. The third kappa shape index (κ3) is 2.18. The number of carbonyl (C=O) groups is 2. The quantitative estimate of drug-likeness (QED) is 0.677. The van der Waals surface area contributed by atoms with Crippen LogP contribution in [0.5, 0.6) is 0 Å². The van der Waals surface area contributed by atoms with E-state index in [1.165, 1.54) is 11.7 Å². The van der Waals surface area contributed by atoms with Gasteiger partial charge in [0.15, 0.2) is 0 Å². The first-order valence-corrected chi connectivity index (χ1v) is 6.36. The molecular formula is C16H12N2O3. The van der Waals surface area contributed by atoms with E-state index in [0.717, 1.165) is 0 Å². The van der Waals surface area contributed by atoms with Gasteiger partial charge in [0.1, 0.15) is 5.69 Å². The second-order valence-corrected chi connectivity index (χ2v) is 4.44. The molecule has 3 aromatic rings. The van der Waals surface area contributed by atoms with Gasteiger partial charge in [0.25, 0.3) is 5.91 Å². The van der Waals surface area contributed by atoms with Crippen molar-refractivity contribution < 1.29 is 14.3 Å². The average molecular weight is 280 g/mol. The Morgan fingerprint density at radius 1 is 1.10 bits per heavy atom. The molecule has 0 unspecified atom stereocenters. The predicted molar refractivity (Wildman–Crippen MR) is 77.2 cm³/mol. The van der Waals surface area contributed by atoms with Crippen molar-refractivity contribution in [1.82, 2.24) is 9.55 Å². The second kappa shape index (κ2) is 5.20. The van der Waals surface area contributed by atoms with E-state index in [-0.39, 0.29) is 5.91 Å². The number of carbonyl (C=O) groups excluding carboxylic acids is 2. The van der Waals surface area contributed by atoms with Crippen LogP contribution in [0.3, 0.4) is 0 Å². The summed E-state index contributed by atoms with van der Waals surface area (Å²) in [4.78, 5) is 28.3. The molecule has 0 bridgehead atoms. The van der Waals surface area contributed by atoms with Crippen molar-refractivity contribution in [2.75, 3.05) is 7.11 Å². The molecule has 0 aliphatic carbocycles. The average Bonchev–Trinajstić information content (AvgIpc) is 2.98. The molecule has 1 aromatic carbocycles. The van der Waals surface area contributed by atoms with Crippen molar-refractivity contribution in [3.05, 3.63) is 66.1 Å². The summed E-state index contributed by atoms with van der Waals surface area (Å²) < 4.78 is 6.23. The van der Waals surface area contributed by atoms with Crippen molar-refractivity contribution >= 4 is 22.8 Å². The molecule has 2 heterocycles. The molecule has 3 rings (SSSR count). The molecule has 0 fully saturated rings. The summed E-state index contributed by atoms with van der Waals surface area (Å²) in [5.41, 5.74) is 1.43. The van der Waals surface area contributed by atoms with Gasteiger partial charge in [0.05, 0.1) is 18.2 Å². The Hall–Kier alpha value is -2.95. The van der Waals surface area contributed by atoms with E-state index in [4.69, 9.17) is 4.74 Å². The minimum atomic E-state index is -0.427. The highest BCUT2D eigenvalue weighted by Gasteiger charge is 2.16. The van der Waals surface area contributed by atoms with Crippen LogP contribution in [0, 0.1) is 0 Å². The molecule has 104 valence electrons. The van der Waals surface area contributed by atoms with Crippen molar-refractivity contribution in [2.45, 2.75) is 0 Å². The van der Waals surface area contributed by atoms with Gasteiger partial charge < -0.3 is 4.74 Å². The van der Waals surface area contributed by atoms with Gasteiger partial charge in [-0.1, -0.05) is 12.1 Å². The smallest absolute Gasteiger partial charge is 0.338 e. The molecule has 5 nitrogen and oxygen atoms in total. The van der Waals surface area contributed by atoms with Crippen LogP contribution in [0.1, 0.15) is 20.8 Å². The number of pyridine rings is 1. The van der Waals surface area contributed by atoms with Crippen LogP contribution in [0.4, 0.5) is 0 Å². The number of nitrogens with zero attached hydrogens (tertiary/aromatic N) is 2. The number of benzene rings is 1. The lowest BCUT2D eigenvalue weighted by molar-refractivity contribution is 0.0602. The summed E-state index contributed by atoms with van der Waals surface area (Å²) in [6.45, 7) is 0. The molecule has 5 heteroatoms. The normalized spacial score (nSPS) is 10.5. The van der Waals surface area contributed by atoms with Crippen LogP contribution in [-0.4, -0.2) is 28.5 Å². The molecule has 0 saturated carbocycles. The third-order valence-electron chi connectivity index (χ3n) is 3.24. The lowest BCUT2D eigenvalue weighted by Gasteiger charge is -2.05. The van der Waals surface area contributed by atoms with E-state index < -0.39 is 5.97 Å². The summed E-state index contributed by atoms with van der Waals surface area (Å²) in [6.07, 6.45) is 3.20. The Balaban J connectivity index is 2.14. The van der Waals surface area contributed by atoms with Gasteiger partial charge in [-0.15, -0.1) is 0 Å². The molecule has 0 aliphatic rings. The number of rotatable bonds is 2. The van der Waals surface area contributed by atoms with Crippen LogP contribution in [0.25, 0.3) is 10.9 Å². The van der Waals surface area contributed by atoms with Crippen molar-refractivity contribution in [3.63, 3.8) is 0 Å². The van der Waals surface area contributed by atoms with Crippen LogP contribution in [-0.2, 0) is 4.74 Å². The van der Waals surface area contributed by atoms with Gasteiger partial charge in [0.2, 0.25) is 0 Å². The number of esters is 1. The van der Waals surface area contributed by atoms with Crippen molar-refractivity contribution in [1.29, 1.82) is 0 Å². The maximum atomic E-state index is 12.5. The minimum Gasteiger partial charge on any atom is -0.465 e. The molecule has 0 spiro atoms. The van der Waals surface area contributed by atoms with E-state index in [2.05, 4.69) is 4.98 Å². The molecule has 0 saturated heterocycles. The fourth-order valence-electron chi connectivity index (χ4n) is 2.25. The summed E-state index contributed by atoms with van der Waals surface area (Å²) in [6, 6.07) is 12.1. The monoisotopic (exact) mass is 280 g/mol. The number of fused-ring (bicyclic) bond motifs is 1. The Morgan fingerprint density at radius 3 is 2.67 bits per heavy atom. The molecule has 0 radical (unpaired) electrons. The lowest BCUT2D eigenvalue weighted by atomic mass is 10.1. The zero-order valence-electron chi connectivity index (χ0n) is 11.3. The topological polar surface area (TPSA) is 61.2 Å². The molecule has 0 amide bonds. The van der Waals surface area contributed by atoms with Crippen LogP contribution in [0.2, 0.25) is 0 Å². The summed E-state index contributed by atoms with van der Waals surface area (Å²) in [5.74, 6) is -0.670. The van der Waals surface area contributed by atoms with Gasteiger partial charge in [-0.05, 0) is 30.3 Å². The SMILES string of the molecule is COC(=O)c1cccc2c1ccn2C(=O)c1ccccn1. The molecule has 2 aromatic heterocycles. The summed E-state index contributed by atoms with van der Waals surface area (Å²) in [7, 11) is 1.33. The fraction of sp³-hybridized carbons (Fsp3) is 0.0625. The van der Waals surface area contributed by atoms with E-state index in [1.807, 2.05) is 0 Å². The van der Waals surface area contributed by atoms with Gasteiger partial charge in [-0.3, -0.25) is 14.3 Å². The Bertz CT molecular complexity index is 822. The highest BCUT2D eigenvalue weighted by atomic mass is 16.5. The molecular weight excluding hydrogens is 268 g/mol. The van der Waals surface area contributed by atoms with Gasteiger partial charge in [0, 0.05) is 17.8 Å². The van der Waals surface area contributed by atoms with E-state index >= 15 is 0 Å². The Kier molecular flexibility index (Phi) is 3.23. The predicted octanol–water partition coefficient (Wildman–Crippen LogP) is 2.51. The van der Waals surface area contributed by atoms with E-state index in [9.17, 15) is 9.59 Å². The molecule has 0 aliphatic heterocycles. The maximum Gasteiger partial charge on any atom is 0.338 e. The zero-order valence-corrected chi connectivity index (χ0v) is 11.3. The first kappa shape index (κ1) is 13.1. The summed E-state index contributed by atoms with van der Waals surface area (Å²) >= 11 is 0. The van der Waals surface area contributed by atoms with Crippen LogP contribution in [0.15, 0.2) is 54.9 Å². The van der Waals surface area contributed by atoms with Gasteiger partial charge >= 0.3 is 5.97 Å². The van der Waals surface area contributed by atoms with Crippen molar-refractivity contribution in [2.24, 2.45) is 0 Å².